The summed E-state index contributed by atoms with van der Waals surface area (Å²) in [6.45, 7) is 3.18. The average Bonchev–Trinajstić information content (AvgIpc) is 2.76. The smallest absolute Gasteiger partial charge is 0.119 e. The van der Waals surface area contributed by atoms with Gasteiger partial charge in [-0.3, -0.25) is 0 Å². The zero-order chi connectivity index (χ0) is 9.80. The monoisotopic (exact) mass is 194 g/mol. The number of hydrogen-bond donors (Lipinski definition) is 1. The van der Waals surface area contributed by atoms with Gasteiger partial charge in [0, 0.05) is 18.6 Å². The van der Waals surface area contributed by atoms with Crippen LogP contribution >= 0.6 is 0 Å². The van der Waals surface area contributed by atoms with E-state index in [1.54, 1.807) is 12.7 Å². The minimum atomic E-state index is 0.508. The average molecular weight is 194 g/mol. The predicted octanol–water partition coefficient (Wildman–Crippen LogP) is 1.20. The molecule has 1 atom stereocenters. The van der Waals surface area contributed by atoms with Crippen LogP contribution in [0.2, 0.25) is 0 Å². The zero-order valence-electron chi connectivity index (χ0n) is 8.69. The molecule has 1 unspecified atom stereocenters. The van der Waals surface area contributed by atoms with E-state index in [0.29, 0.717) is 6.04 Å². The molecule has 0 spiro atoms. The third kappa shape index (κ3) is 2.54. The van der Waals surface area contributed by atoms with E-state index < -0.39 is 0 Å². The first kappa shape index (κ1) is 9.65. The lowest BCUT2D eigenvalue weighted by Crippen LogP contribution is -2.37. The molecule has 1 aromatic rings. The molecule has 4 nitrogen and oxygen atoms in total. The minimum Gasteiger partial charge on any atom is -0.319 e. The normalized spacial score (nSPS) is 20.1. The van der Waals surface area contributed by atoms with E-state index in [1.165, 1.54) is 25.7 Å². The molecular weight excluding hydrogens is 176 g/mol. The van der Waals surface area contributed by atoms with E-state index in [9.17, 15) is 0 Å². The summed E-state index contributed by atoms with van der Waals surface area (Å²) in [4.78, 5) is 0. The third-order valence-electron chi connectivity index (χ3n) is 2.83. The van der Waals surface area contributed by atoms with Crippen molar-refractivity contribution >= 4 is 0 Å². The fraction of sp³-hybridized carbons (Fsp3) is 0.800. The van der Waals surface area contributed by atoms with E-state index in [-0.39, 0.29) is 0 Å². The van der Waals surface area contributed by atoms with Crippen molar-refractivity contribution in [2.45, 2.75) is 51.2 Å². The second kappa shape index (κ2) is 4.55. The number of hydrogen-bond acceptors (Lipinski definition) is 3. The van der Waals surface area contributed by atoms with Crippen LogP contribution in [0.15, 0.2) is 12.7 Å². The van der Waals surface area contributed by atoms with Crippen LogP contribution in [0, 0.1) is 0 Å². The summed E-state index contributed by atoms with van der Waals surface area (Å²) < 4.78 is 2.02. The largest absolute Gasteiger partial charge is 0.319 e. The number of nitrogens with one attached hydrogen (secondary N) is 1. The van der Waals surface area contributed by atoms with Crippen LogP contribution in [0.4, 0.5) is 0 Å². The van der Waals surface area contributed by atoms with Gasteiger partial charge in [-0.15, -0.1) is 10.2 Å². The van der Waals surface area contributed by atoms with Gasteiger partial charge in [0.2, 0.25) is 0 Å². The lowest BCUT2D eigenvalue weighted by Gasteiger charge is -2.19. The van der Waals surface area contributed by atoms with E-state index in [1.807, 2.05) is 4.57 Å². The van der Waals surface area contributed by atoms with Crippen LogP contribution in [-0.2, 0) is 6.54 Å². The molecule has 1 aliphatic rings. The van der Waals surface area contributed by atoms with Gasteiger partial charge in [0.15, 0.2) is 0 Å². The quantitative estimate of drug-likeness (QED) is 0.783. The van der Waals surface area contributed by atoms with Gasteiger partial charge in [0.25, 0.3) is 0 Å². The molecule has 0 aromatic carbocycles. The van der Waals surface area contributed by atoms with Crippen LogP contribution in [0.1, 0.15) is 32.6 Å². The number of aromatic nitrogens is 3. The summed E-state index contributed by atoms with van der Waals surface area (Å²) in [5.74, 6) is 0. The Morgan fingerprint density at radius 1 is 1.36 bits per heavy atom. The highest BCUT2D eigenvalue weighted by molar-refractivity contribution is 4.77. The van der Waals surface area contributed by atoms with Gasteiger partial charge in [-0.05, 0) is 19.8 Å². The standard InChI is InChI=1S/C10H18N4/c1-9(6-14-7-11-12-8-14)13-10-4-2-3-5-10/h7-10,13H,2-6H2,1H3. The molecule has 0 saturated heterocycles. The predicted molar refractivity (Wildman–Crippen MR) is 54.9 cm³/mol. The Morgan fingerprint density at radius 2 is 2.00 bits per heavy atom. The molecule has 0 aliphatic heterocycles. The lowest BCUT2D eigenvalue weighted by atomic mass is 10.2. The Hall–Kier alpha value is -0.900. The van der Waals surface area contributed by atoms with E-state index in [0.717, 1.165) is 12.6 Å². The summed E-state index contributed by atoms with van der Waals surface area (Å²) in [6, 6.07) is 1.25. The van der Waals surface area contributed by atoms with E-state index in [4.69, 9.17) is 0 Å². The summed E-state index contributed by atoms with van der Waals surface area (Å²) in [7, 11) is 0. The Kier molecular flexibility index (Phi) is 3.14. The molecule has 1 aliphatic carbocycles. The number of rotatable bonds is 4. The van der Waals surface area contributed by atoms with Crippen molar-refractivity contribution in [2.24, 2.45) is 0 Å². The fourth-order valence-electron chi connectivity index (χ4n) is 2.18. The summed E-state index contributed by atoms with van der Waals surface area (Å²) >= 11 is 0. The molecule has 1 saturated carbocycles. The Bertz CT molecular complexity index is 251. The highest BCUT2D eigenvalue weighted by atomic mass is 15.2. The third-order valence-corrected chi connectivity index (χ3v) is 2.83. The molecule has 1 N–H and O–H groups in total. The highest BCUT2D eigenvalue weighted by Crippen LogP contribution is 2.18. The van der Waals surface area contributed by atoms with Crippen LogP contribution < -0.4 is 5.32 Å². The van der Waals surface area contributed by atoms with Gasteiger partial charge >= 0.3 is 0 Å². The zero-order valence-corrected chi connectivity index (χ0v) is 8.69. The van der Waals surface area contributed by atoms with Gasteiger partial charge < -0.3 is 9.88 Å². The minimum absolute atomic E-state index is 0.508. The Labute approximate surface area is 84.7 Å². The molecule has 78 valence electrons. The second-order valence-corrected chi connectivity index (χ2v) is 4.21. The first-order valence-corrected chi connectivity index (χ1v) is 5.43. The molecule has 2 rings (SSSR count). The molecular formula is C10H18N4. The second-order valence-electron chi connectivity index (χ2n) is 4.21. The van der Waals surface area contributed by atoms with Gasteiger partial charge in [-0.2, -0.15) is 0 Å². The molecule has 1 aromatic heterocycles. The van der Waals surface area contributed by atoms with E-state index in [2.05, 4.69) is 22.4 Å². The van der Waals surface area contributed by atoms with Gasteiger partial charge in [-0.1, -0.05) is 12.8 Å². The maximum Gasteiger partial charge on any atom is 0.119 e. The van der Waals surface area contributed by atoms with Crippen molar-refractivity contribution in [3.8, 4) is 0 Å². The van der Waals surface area contributed by atoms with Gasteiger partial charge in [0.05, 0.1) is 0 Å². The molecule has 4 heteroatoms. The summed E-state index contributed by atoms with van der Waals surface area (Å²) in [5.41, 5.74) is 0. The van der Waals surface area contributed by atoms with Gasteiger partial charge in [0.1, 0.15) is 12.7 Å². The van der Waals surface area contributed by atoms with Crippen molar-refractivity contribution in [1.82, 2.24) is 20.1 Å². The molecule has 0 bridgehead atoms. The van der Waals surface area contributed by atoms with Crippen LogP contribution in [0.3, 0.4) is 0 Å². The molecule has 1 heterocycles. The first-order valence-electron chi connectivity index (χ1n) is 5.43. The first-order chi connectivity index (χ1) is 6.84. The van der Waals surface area contributed by atoms with Crippen LogP contribution in [0.5, 0.6) is 0 Å². The number of nitrogens with zero attached hydrogens (tertiary/aromatic N) is 3. The SMILES string of the molecule is CC(Cn1cnnc1)NC1CCCC1. The maximum atomic E-state index is 3.79. The summed E-state index contributed by atoms with van der Waals surface area (Å²) in [6.07, 6.45) is 8.99. The molecule has 1 fully saturated rings. The highest BCUT2D eigenvalue weighted by Gasteiger charge is 2.16. The van der Waals surface area contributed by atoms with E-state index >= 15 is 0 Å². The van der Waals surface area contributed by atoms with Crippen LogP contribution in [0.25, 0.3) is 0 Å². The molecule has 0 radical (unpaired) electrons. The van der Waals surface area contributed by atoms with Crippen molar-refractivity contribution in [2.75, 3.05) is 0 Å². The van der Waals surface area contributed by atoms with Gasteiger partial charge in [-0.25, -0.2) is 0 Å². The topological polar surface area (TPSA) is 42.7 Å². The Morgan fingerprint density at radius 3 is 2.64 bits per heavy atom. The lowest BCUT2D eigenvalue weighted by molar-refractivity contribution is 0.410. The van der Waals surface area contributed by atoms with Crippen molar-refractivity contribution in [3.05, 3.63) is 12.7 Å². The van der Waals surface area contributed by atoms with Crippen LogP contribution in [-0.4, -0.2) is 26.8 Å². The van der Waals surface area contributed by atoms with Crippen molar-refractivity contribution in [3.63, 3.8) is 0 Å². The Balaban J connectivity index is 1.75. The molecule has 14 heavy (non-hydrogen) atoms. The maximum absolute atomic E-state index is 3.79. The van der Waals surface area contributed by atoms with Crippen molar-refractivity contribution in [1.29, 1.82) is 0 Å². The fourth-order valence-corrected chi connectivity index (χ4v) is 2.18. The molecule has 0 amide bonds. The summed E-state index contributed by atoms with van der Waals surface area (Å²) in [5, 5.41) is 11.2. The van der Waals surface area contributed by atoms with Crippen molar-refractivity contribution < 1.29 is 0 Å².